The van der Waals surface area contributed by atoms with Gasteiger partial charge in [-0.3, -0.25) is 9.59 Å². The van der Waals surface area contributed by atoms with Crippen LogP contribution in [0.3, 0.4) is 0 Å². The molecule has 19 atom stereocenters. The molecule has 0 unspecified atom stereocenters. The number of nitrogens with one attached hydrogen (secondary N) is 1. The van der Waals surface area contributed by atoms with Gasteiger partial charge in [0.05, 0.1) is 85.5 Å². The minimum Gasteiger partial charge on any atom is -0.462 e. The highest BCUT2D eigenvalue weighted by Gasteiger charge is 2.51. The molecule has 18 nitrogen and oxygen atoms in total. The molecule has 0 radical (unpaired) electrons. The van der Waals surface area contributed by atoms with Gasteiger partial charge < -0.3 is 81.1 Å². The molecule has 3 aliphatic rings. The second kappa shape index (κ2) is 29.6. The third kappa shape index (κ3) is 19.7. The lowest BCUT2D eigenvalue weighted by Crippen LogP contribution is -2.62. The molecule has 13 N–H and O–H groups in total. The Morgan fingerprint density at radius 2 is 1.31 bits per heavy atom. The number of ether oxygens (including phenoxy) is 4. The number of aliphatic hydroxyl groups excluding tert-OH is 9. The number of allylic oxidation sites excluding steroid dienone is 12. The van der Waals surface area contributed by atoms with Crippen molar-refractivity contribution in [2.24, 2.45) is 23.5 Å². The summed E-state index contributed by atoms with van der Waals surface area (Å²) < 4.78 is 36.6. The van der Waals surface area contributed by atoms with E-state index in [1.807, 2.05) is 25.2 Å². The number of hydrogen-bond acceptors (Lipinski definition) is 17. The van der Waals surface area contributed by atoms with Gasteiger partial charge in [0.25, 0.3) is 0 Å². The summed E-state index contributed by atoms with van der Waals surface area (Å²) in [4.78, 5) is 26.0. The van der Waals surface area contributed by atoms with Crippen LogP contribution >= 0.6 is 0 Å². The molecule has 2 fully saturated rings. The minimum absolute atomic E-state index is 0.112. The summed E-state index contributed by atoms with van der Waals surface area (Å²) in [5.74, 6) is -6.00. The minimum atomic E-state index is -2.32. The predicted molar refractivity (Wildman–Crippen MR) is 248 cm³/mol. The molecule has 0 aromatic heterocycles. The number of rotatable bonds is 5. The lowest BCUT2D eigenvalue weighted by molar-refractivity contribution is -0.307. The van der Waals surface area contributed by atoms with Crippen molar-refractivity contribution < 1.29 is 84.0 Å². The van der Waals surface area contributed by atoms with Crippen molar-refractivity contribution in [1.29, 1.82) is 0 Å². The van der Waals surface area contributed by atoms with Gasteiger partial charge in [0.2, 0.25) is 5.91 Å². The fraction of sp³-hybridized carbons (Fsp3) is 0.673. The van der Waals surface area contributed by atoms with Crippen LogP contribution in [0, 0.1) is 17.8 Å². The predicted octanol–water partition coefficient (Wildman–Crippen LogP) is 0.713. The Morgan fingerprint density at radius 1 is 0.721 bits per heavy atom. The van der Waals surface area contributed by atoms with Gasteiger partial charge in [-0.15, -0.1) is 0 Å². The monoisotopic (exact) mass is 969 g/mol. The molecule has 1 amide bonds. The third-order valence-electron chi connectivity index (χ3n) is 12.4. The summed E-state index contributed by atoms with van der Waals surface area (Å²) in [6.07, 6.45) is 3.68. The average Bonchev–Trinajstić information content (AvgIpc) is 3.26. The molecule has 386 valence electrons. The largest absolute Gasteiger partial charge is 0.462 e. The van der Waals surface area contributed by atoms with Crippen LogP contribution in [0.1, 0.15) is 79.1 Å². The highest BCUT2D eigenvalue weighted by molar-refractivity contribution is 5.80. The second-order valence-electron chi connectivity index (χ2n) is 18.2. The van der Waals surface area contributed by atoms with Gasteiger partial charge in [0, 0.05) is 44.1 Å². The normalized spacial score (nSPS) is 44.0. The van der Waals surface area contributed by atoms with E-state index in [0.29, 0.717) is 0 Å². The topological polar surface area (TPSA) is 311 Å². The fourth-order valence-corrected chi connectivity index (χ4v) is 8.28. The number of halogens is 1. The zero-order valence-electron chi connectivity index (χ0n) is 39.4. The third-order valence-corrected chi connectivity index (χ3v) is 12.4. The van der Waals surface area contributed by atoms with E-state index >= 15 is 0 Å². The van der Waals surface area contributed by atoms with Crippen LogP contribution in [-0.4, -0.2) is 174 Å². The van der Waals surface area contributed by atoms with Gasteiger partial charge in [0.15, 0.2) is 12.1 Å². The van der Waals surface area contributed by atoms with Crippen LogP contribution in [0.4, 0.5) is 4.39 Å². The van der Waals surface area contributed by atoms with Crippen LogP contribution in [0.5, 0.6) is 0 Å². The molecule has 3 rings (SSSR count). The van der Waals surface area contributed by atoms with Gasteiger partial charge in [-0.25, -0.2) is 4.39 Å². The molecular formula is C49H77FN2O16. The summed E-state index contributed by atoms with van der Waals surface area (Å²) in [7, 11) is 0. The SMILES string of the molecule is C[C@@H]1[C@H](O)[C@@H](C)/C=C/C=C/C=C/C=C/C=C/C=C/C=C/[C@H](O[C@@H]2O[C@H](C)[C@@H](O)[C@H](N)[C@H]2O)C[C@@H]2O[C@](O)(C[C@@H](O)C[C@@H](O)[C@H](O)CC[C@@H](O)C[C@@H](O)CC(=O)O[C@H]1C)C[C@H](O)[C@H]2C(=O)NCCF. The standard InChI is InChI=1S/C49H77FN2O16/c1-29-17-15-13-11-9-7-5-6-8-10-12-14-16-18-36(67-48-46(62)43(51)45(61)32(4)66-48)26-40-42(47(63)52-22-21-50)39(58)28-49(64,68-40)27-35(55)24-38(57)37(56)20-19-33(53)23-34(54)25-41(59)65-31(3)30(2)44(29)60/h5-18,29-40,42-46,48,53-58,60-62,64H,19-28,51H2,1-4H3,(H,52,63)/b6-5+,9-7+,10-8+,13-11+,14-12+,17-15+,18-16+/t29-,30-,31-,32+,33+,34+,35-,36-,37+,38+,39-,40-,42+,43-,44+,45+,46+,48-,49+/m0/s1. The maximum absolute atomic E-state index is 13.4. The first-order chi connectivity index (χ1) is 32.2. The van der Waals surface area contributed by atoms with Gasteiger partial charge in [0.1, 0.15) is 18.9 Å². The molecule has 2 bridgehead atoms. The van der Waals surface area contributed by atoms with Crippen LogP contribution < -0.4 is 11.1 Å². The molecule has 3 heterocycles. The van der Waals surface area contributed by atoms with Crippen LogP contribution in [0.15, 0.2) is 85.1 Å². The van der Waals surface area contributed by atoms with Gasteiger partial charge in [-0.2, -0.15) is 0 Å². The van der Waals surface area contributed by atoms with Crippen molar-refractivity contribution in [2.45, 2.75) is 177 Å². The van der Waals surface area contributed by atoms with Crippen molar-refractivity contribution >= 4 is 11.9 Å². The van der Waals surface area contributed by atoms with Crippen LogP contribution in [0.2, 0.25) is 0 Å². The summed E-state index contributed by atoms with van der Waals surface area (Å²) in [5.41, 5.74) is 6.06. The number of carbonyl (C=O) groups excluding carboxylic acids is 2. The van der Waals surface area contributed by atoms with Crippen molar-refractivity contribution in [1.82, 2.24) is 5.32 Å². The lowest BCUT2D eigenvalue weighted by Gasteiger charge is -2.46. The van der Waals surface area contributed by atoms with Crippen molar-refractivity contribution in [3.63, 3.8) is 0 Å². The van der Waals surface area contributed by atoms with Crippen LogP contribution in [-0.2, 0) is 28.5 Å². The number of alkyl halides is 1. The summed E-state index contributed by atoms with van der Waals surface area (Å²) in [6.45, 7) is 5.45. The number of hydrogen-bond donors (Lipinski definition) is 12. The first-order valence-electron chi connectivity index (χ1n) is 23.5. The second-order valence-corrected chi connectivity index (χ2v) is 18.2. The summed E-state index contributed by atoms with van der Waals surface area (Å²) >= 11 is 0. The molecule has 19 heteroatoms. The van der Waals surface area contributed by atoms with Gasteiger partial charge in [-0.1, -0.05) is 98.9 Å². The van der Waals surface area contributed by atoms with E-state index in [1.165, 1.54) is 13.0 Å². The maximum atomic E-state index is 13.4. The number of carbonyl (C=O) groups is 2. The Morgan fingerprint density at radius 3 is 1.91 bits per heavy atom. The Labute approximate surface area is 398 Å². The quantitative estimate of drug-likeness (QED) is 0.169. The van der Waals surface area contributed by atoms with E-state index in [1.54, 1.807) is 74.6 Å². The van der Waals surface area contributed by atoms with E-state index in [-0.39, 0.29) is 38.1 Å². The molecule has 0 aromatic carbocycles. The highest BCUT2D eigenvalue weighted by Crippen LogP contribution is 2.38. The number of aliphatic hydroxyl groups is 10. The van der Waals surface area contributed by atoms with Crippen LogP contribution in [0.25, 0.3) is 0 Å². The van der Waals surface area contributed by atoms with Crippen molar-refractivity contribution in [2.75, 3.05) is 13.2 Å². The fourth-order valence-electron chi connectivity index (χ4n) is 8.28. The molecule has 68 heavy (non-hydrogen) atoms. The molecule has 0 aromatic rings. The maximum Gasteiger partial charge on any atom is 0.308 e. The van der Waals surface area contributed by atoms with Crippen molar-refractivity contribution in [3.8, 4) is 0 Å². The molecule has 0 spiro atoms. The van der Waals surface area contributed by atoms with E-state index in [9.17, 15) is 65.0 Å². The summed E-state index contributed by atoms with van der Waals surface area (Å²) in [5, 5.41) is 111. The number of esters is 1. The number of fused-ring (bicyclic) bond motifs is 2. The Kier molecular flexibility index (Phi) is 25.6. The van der Waals surface area contributed by atoms with Crippen molar-refractivity contribution in [3.05, 3.63) is 85.1 Å². The molecule has 0 saturated carbocycles. The Hall–Kier alpha value is -3.51. The summed E-state index contributed by atoms with van der Waals surface area (Å²) in [6, 6.07) is -1.16. The Balaban J connectivity index is 1.91. The molecular weight excluding hydrogens is 892 g/mol. The first-order valence-corrected chi connectivity index (χ1v) is 23.5. The van der Waals surface area contributed by atoms with E-state index in [2.05, 4.69) is 5.32 Å². The molecule has 0 aliphatic carbocycles. The average molecular weight is 969 g/mol. The zero-order chi connectivity index (χ0) is 50.6. The van der Waals surface area contributed by atoms with E-state index in [0.717, 1.165) is 0 Å². The molecule has 2 saturated heterocycles. The number of cyclic esters (lactones) is 1. The zero-order valence-corrected chi connectivity index (χ0v) is 39.4. The number of nitrogens with two attached hydrogens (primary N) is 1. The first kappa shape index (κ1) is 58.8. The number of amides is 1. The van der Waals surface area contributed by atoms with E-state index in [4.69, 9.17) is 24.7 Å². The highest BCUT2D eigenvalue weighted by atomic mass is 19.1. The van der Waals surface area contributed by atoms with E-state index < -0.39 is 154 Å². The van der Waals surface area contributed by atoms with Gasteiger partial charge >= 0.3 is 5.97 Å². The smallest absolute Gasteiger partial charge is 0.308 e. The lowest BCUT2D eigenvalue weighted by atomic mass is 9.82. The molecule has 3 aliphatic heterocycles. The Bertz CT molecular complexity index is 1730. The van der Waals surface area contributed by atoms with Gasteiger partial charge in [-0.05, 0) is 33.1 Å².